The first-order valence-electron chi connectivity index (χ1n) is 20.7. The highest BCUT2D eigenvalue weighted by atomic mass is 79.9. The second-order valence-corrected chi connectivity index (χ2v) is 14.5. The van der Waals surface area contributed by atoms with E-state index in [0.717, 1.165) is 19.3 Å². The summed E-state index contributed by atoms with van der Waals surface area (Å²) in [5.74, 6) is -1.38. The summed E-state index contributed by atoms with van der Waals surface area (Å²) in [6.45, 7) is 5.93. The predicted molar refractivity (Wildman–Crippen MR) is 213 cm³/mol. The van der Waals surface area contributed by atoms with E-state index in [0.29, 0.717) is 116 Å². The van der Waals surface area contributed by atoms with Gasteiger partial charge in [0, 0.05) is 58.3 Å². The van der Waals surface area contributed by atoms with E-state index in [1.54, 1.807) is 0 Å². The smallest absolute Gasteiger partial charge is 0.306 e. The van der Waals surface area contributed by atoms with Crippen LogP contribution in [0.2, 0.25) is 0 Å². The Kier molecular flexibility index (Phi) is 38.6. The van der Waals surface area contributed by atoms with Crippen LogP contribution in [0.5, 0.6) is 0 Å². The molecule has 0 spiro atoms. The lowest BCUT2D eigenvalue weighted by Crippen LogP contribution is -2.26. The lowest BCUT2D eigenvalue weighted by atomic mass is 9.94. The molecule has 0 bridgehead atoms. The van der Waals surface area contributed by atoms with Crippen LogP contribution >= 0.6 is 15.9 Å². The van der Waals surface area contributed by atoms with Gasteiger partial charge in [0.05, 0.1) is 50.9 Å². The van der Waals surface area contributed by atoms with Gasteiger partial charge >= 0.3 is 5.97 Å². The fourth-order valence-corrected chi connectivity index (χ4v) is 6.07. The Balaban J connectivity index is 3.60. The minimum atomic E-state index is -0.921. The van der Waals surface area contributed by atoms with Gasteiger partial charge in [0.2, 0.25) is 5.91 Å². The number of carbonyl (C=O) groups excluding carboxylic acids is 4. The highest BCUT2D eigenvalue weighted by Crippen LogP contribution is 2.17. The Morgan fingerprint density at radius 3 is 1.51 bits per heavy atom. The number of carboxylic acid groups (broad SMARTS) is 1. The number of aliphatic carboxylic acids is 1. The molecule has 0 saturated carbocycles. The van der Waals surface area contributed by atoms with E-state index in [1.807, 2.05) is 0 Å². The molecule has 0 aromatic heterocycles. The van der Waals surface area contributed by atoms with E-state index < -0.39 is 11.9 Å². The summed E-state index contributed by atoms with van der Waals surface area (Å²) in [6.07, 6.45) is 21.4. The molecule has 0 rings (SSSR count). The Bertz CT molecular complexity index is 919. The summed E-state index contributed by atoms with van der Waals surface area (Å²) in [5, 5.41) is 12.8. The van der Waals surface area contributed by atoms with Gasteiger partial charge in [-0.15, -0.1) is 0 Å². The maximum Gasteiger partial charge on any atom is 0.306 e. The minimum Gasteiger partial charge on any atom is -0.481 e. The van der Waals surface area contributed by atoms with E-state index in [2.05, 4.69) is 28.2 Å². The Labute approximate surface area is 329 Å². The third kappa shape index (κ3) is 38.3. The van der Waals surface area contributed by atoms with Crippen molar-refractivity contribution in [2.45, 2.75) is 161 Å². The maximum atomic E-state index is 12.4. The van der Waals surface area contributed by atoms with Crippen LogP contribution in [0.25, 0.3) is 0 Å². The minimum absolute atomic E-state index is 0.0405. The monoisotopic (exact) mass is 819 g/mol. The van der Waals surface area contributed by atoms with Crippen molar-refractivity contribution < 1.29 is 48.0 Å². The standard InChI is InChI=1S/C41H74BrNO10/c1-2-3-4-5-6-7-8-9-10-11-12-13-14-20-38(45)34-36(41(48)49)19-15-16-25-43-40(47)24-29-53-33-31-50-26-17-21-37(44)23-28-52-32-30-51-27-18-22-39(46)35-42/h36H,2-35H2,1H3,(H,43,47)(H,48,49)/t36-/m1/s1. The second kappa shape index (κ2) is 39.9. The Morgan fingerprint density at radius 2 is 0.981 bits per heavy atom. The summed E-state index contributed by atoms with van der Waals surface area (Å²) in [6, 6.07) is 0. The van der Waals surface area contributed by atoms with Gasteiger partial charge in [0.1, 0.15) is 17.3 Å². The van der Waals surface area contributed by atoms with Gasteiger partial charge in [-0.1, -0.05) is 106 Å². The van der Waals surface area contributed by atoms with Gasteiger partial charge in [-0.05, 0) is 32.1 Å². The molecule has 1 amide bonds. The number of alkyl halides is 1. The van der Waals surface area contributed by atoms with E-state index in [1.165, 1.54) is 64.2 Å². The van der Waals surface area contributed by atoms with Gasteiger partial charge in [0.25, 0.3) is 0 Å². The number of unbranched alkanes of at least 4 members (excludes halogenated alkanes) is 13. The number of ether oxygens (including phenoxy) is 4. The number of carbonyl (C=O) groups is 5. The van der Waals surface area contributed by atoms with Gasteiger partial charge in [-0.25, -0.2) is 0 Å². The van der Waals surface area contributed by atoms with Crippen LogP contribution in [0.4, 0.5) is 0 Å². The lowest BCUT2D eigenvalue weighted by molar-refractivity contribution is -0.144. The first-order valence-corrected chi connectivity index (χ1v) is 21.8. The number of ketones is 3. The molecule has 0 aliphatic rings. The van der Waals surface area contributed by atoms with E-state index >= 15 is 0 Å². The summed E-state index contributed by atoms with van der Waals surface area (Å²) in [7, 11) is 0. The molecular weight excluding hydrogens is 746 g/mol. The van der Waals surface area contributed by atoms with Gasteiger partial charge in [0.15, 0.2) is 0 Å². The van der Waals surface area contributed by atoms with Crippen LogP contribution in [0, 0.1) is 5.92 Å². The lowest BCUT2D eigenvalue weighted by Gasteiger charge is -2.12. The average molecular weight is 821 g/mol. The molecule has 0 aromatic carbocycles. The molecular formula is C41H74BrNO10. The molecule has 0 aliphatic carbocycles. The van der Waals surface area contributed by atoms with Crippen molar-refractivity contribution in [3.63, 3.8) is 0 Å². The van der Waals surface area contributed by atoms with Gasteiger partial charge in [-0.3, -0.25) is 24.0 Å². The second-order valence-electron chi connectivity index (χ2n) is 14.0. The zero-order valence-electron chi connectivity index (χ0n) is 33.1. The molecule has 0 aliphatic heterocycles. The molecule has 0 heterocycles. The SMILES string of the molecule is CCCCCCCCCCCCCCCC(=O)C[C@@H](CCCCNC(=O)CCOCCOCCCC(=O)CCOCCOCCCC(=O)CBr)C(=O)O. The number of amides is 1. The fourth-order valence-electron chi connectivity index (χ4n) is 5.79. The highest BCUT2D eigenvalue weighted by molar-refractivity contribution is 9.09. The molecule has 0 radical (unpaired) electrons. The van der Waals surface area contributed by atoms with E-state index in [4.69, 9.17) is 18.9 Å². The number of carboxylic acids is 1. The third-order valence-corrected chi connectivity index (χ3v) is 9.69. The third-order valence-electron chi connectivity index (χ3n) is 9.06. The molecule has 0 fully saturated rings. The summed E-state index contributed by atoms with van der Waals surface area (Å²) >= 11 is 3.13. The van der Waals surface area contributed by atoms with Crippen molar-refractivity contribution in [1.29, 1.82) is 0 Å². The fraction of sp³-hybridized carbons (Fsp3) is 0.878. The molecule has 11 nitrogen and oxygen atoms in total. The number of hydrogen-bond donors (Lipinski definition) is 2. The zero-order valence-corrected chi connectivity index (χ0v) is 34.7. The zero-order chi connectivity index (χ0) is 39.0. The topological polar surface area (TPSA) is 155 Å². The molecule has 0 aromatic rings. The van der Waals surface area contributed by atoms with E-state index in [9.17, 15) is 29.1 Å². The largest absolute Gasteiger partial charge is 0.481 e. The number of nitrogens with one attached hydrogen (secondary N) is 1. The Morgan fingerprint density at radius 1 is 0.509 bits per heavy atom. The summed E-state index contributed by atoms with van der Waals surface area (Å²) < 4.78 is 21.8. The molecule has 0 unspecified atom stereocenters. The molecule has 0 saturated heterocycles. The van der Waals surface area contributed by atoms with Crippen molar-refractivity contribution in [2.75, 3.05) is 64.7 Å². The van der Waals surface area contributed by atoms with Crippen LogP contribution in [-0.4, -0.2) is 99.1 Å². The first kappa shape index (κ1) is 51.3. The number of rotatable bonds is 43. The van der Waals surface area contributed by atoms with E-state index in [-0.39, 0.29) is 42.7 Å². The predicted octanol–water partition coefficient (Wildman–Crippen LogP) is 8.35. The summed E-state index contributed by atoms with van der Waals surface area (Å²) in [5.41, 5.74) is 0. The molecule has 2 N–H and O–H groups in total. The maximum absolute atomic E-state index is 12.4. The van der Waals surface area contributed by atoms with Crippen molar-refractivity contribution in [1.82, 2.24) is 5.32 Å². The quantitative estimate of drug-likeness (QED) is 0.0453. The van der Waals surface area contributed by atoms with Crippen LogP contribution < -0.4 is 5.32 Å². The molecule has 53 heavy (non-hydrogen) atoms. The van der Waals surface area contributed by atoms with Crippen molar-refractivity contribution in [3.05, 3.63) is 0 Å². The van der Waals surface area contributed by atoms with Crippen LogP contribution in [-0.2, 0) is 42.9 Å². The first-order chi connectivity index (χ1) is 25.8. The molecule has 1 atom stereocenters. The van der Waals surface area contributed by atoms with Crippen molar-refractivity contribution >= 4 is 45.2 Å². The normalized spacial score (nSPS) is 11.8. The van der Waals surface area contributed by atoms with Crippen LogP contribution in [0.15, 0.2) is 0 Å². The average Bonchev–Trinajstić information content (AvgIpc) is 3.14. The molecule has 12 heteroatoms. The van der Waals surface area contributed by atoms with Crippen LogP contribution in [0.1, 0.15) is 161 Å². The molecule has 310 valence electrons. The highest BCUT2D eigenvalue weighted by Gasteiger charge is 2.20. The van der Waals surface area contributed by atoms with Crippen LogP contribution in [0.3, 0.4) is 0 Å². The number of Topliss-reactive ketones (excluding diaryl/α,β-unsaturated/α-hetero) is 3. The van der Waals surface area contributed by atoms with Crippen molar-refractivity contribution in [3.8, 4) is 0 Å². The van der Waals surface area contributed by atoms with Gasteiger partial charge in [-0.2, -0.15) is 0 Å². The summed E-state index contributed by atoms with van der Waals surface area (Å²) in [4.78, 5) is 59.3. The van der Waals surface area contributed by atoms with Crippen molar-refractivity contribution in [2.24, 2.45) is 5.92 Å². The number of hydrogen-bond acceptors (Lipinski definition) is 9. The number of halogens is 1. The Hall–Kier alpha value is -1.73. The van der Waals surface area contributed by atoms with Gasteiger partial charge < -0.3 is 29.4 Å².